The van der Waals surface area contributed by atoms with Gasteiger partial charge in [-0.3, -0.25) is 9.59 Å². The lowest BCUT2D eigenvalue weighted by molar-refractivity contribution is -0.130. The van der Waals surface area contributed by atoms with Gasteiger partial charge in [-0.1, -0.05) is 81.7 Å². The standard InChI is InChI=1S/C27H38N4O4.ClH/c1-5-19(4)24(16-29-35-17-21-9-7-6-8-10-21)31-26(33)23(30-27(34)25(28)18(2)3)15-20-11-13-22(32)14-12-20;/h6-14,16,18-19,23-25,32H,5,15,17,28H2,1-4H3,(H,30,34)(H,31,33);1H/t19-,23-,24+,25-;/m0./s1. The number of nitrogens with one attached hydrogen (secondary N) is 2. The van der Waals surface area contributed by atoms with Crippen LogP contribution in [0.4, 0.5) is 0 Å². The van der Waals surface area contributed by atoms with Crippen LogP contribution in [0.15, 0.2) is 59.8 Å². The van der Waals surface area contributed by atoms with Crippen LogP contribution in [-0.2, 0) is 27.5 Å². The number of nitrogens with two attached hydrogens (primary N) is 1. The molecule has 0 aliphatic heterocycles. The Morgan fingerprint density at radius 3 is 2.22 bits per heavy atom. The van der Waals surface area contributed by atoms with E-state index in [1.807, 2.05) is 58.0 Å². The summed E-state index contributed by atoms with van der Waals surface area (Å²) in [6.45, 7) is 8.07. The number of benzene rings is 2. The lowest BCUT2D eigenvalue weighted by Crippen LogP contribution is -2.56. The number of nitrogens with zero attached hydrogens (tertiary/aromatic N) is 1. The second kappa shape index (κ2) is 15.8. The first kappa shape index (κ1) is 30.9. The first-order valence-electron chi connectivity index (χ1n) is 12.0. The van der Waals surface area contributed by atoms with Gasteiger partial charge in [-0.2, -0.15) is 0 Å². The van der Waals surface area contributed by atoms with Gasteiger partial charge in [0.05, 0.1) is 18.3 Å². The van der Waals surface area contributed by atoms with Gasteiger partial charge in [-0.05, 0) is 35.1 Å². The number of oxime groups is 1. The number of phenolic OH excluding ortho intramolecular Hbond substituents is 1. The molecule has 0 saturated heterocycles. The Morgan fingerprint density at radius 1 is 1.00 bits per heavy atom. The van der Waals surface area contributed by atoms with Crippen molar-refractivity contribution < 1.29 is 19.5 Å². The van der Waals surface area contributed by atoms with Gasteiger partial charge in [0.1, 0.15) is 18.4 Å². The van der Waals surface area contributed by atoms with E-state index in [2.05, 4.69) is 15.8 Å². The van der Waals surface area contributed by atoms with Crippen LogP contribution < -0.4 is 16.4 Å². The third-order valence-corrected chi connectivity index (χ3v) is 5.97. The van der Waals surface area contributed by atoms with Gasteiger partial charge in [0, 0.05) is 6.42 Å². The van der Waals surface area contributed by atoms with E-state index in [1.165, 1.54) is 0 Å². The zero-order valence-electron chi connectivity index (χ0n) is 21.4. The molecule has 8 nitrogen and oxygen atoms in total. The molecule has 0 bridgehead atoms. The van der Waals surface area contributed by atoms with Crippen LogP contribution in [0.1, 0.15) is 45.2 Å². The van der Waals surface area contributed by atoms with E-state index in [1.54, 1.807) is 30.5 Å². The van der Waals surface area contributed by atoms with Crippen molar-refractivity contribution in [3.63, 3.8) is 0 Å². The topological polar surface area (TPSA) is 126 Å². The van der Waals surface area contributed by atoms with Crippen molar-refractivity contribution in [3.05, 3.63) is 65.7 Å². The summed E-state index contributed by atoms with van der Waals surface area (Å²) in [6, 6.07) is 14.2. The van der Waals surface area contributed by atoms with Crippen LogP contribution in [-0.4, -0.2) is 41.3 Å². The minimum absolute atomic E-state index is 0. The Labute approximate surface area is 220 Å². The fourth-order valence-electron chi connectivity index (χ4n) is 3.29. The molecule has 2 aromatic carbocycles. The first-order chi connectivity index (χ1) is 16.7. The van der Waals surface area contributed by atoms with Gasteiger partial charge in [0.25, 0.3) is 0 Å². The molecule has 0 aliphatic rings. The number of carbonyl (C=O) groups is 2. The molecule has 2 amide bonds. The van der Waals surface area contributed by atoms with E-state index < -0.39 is 12.1 Å². The molecule has 0 aliphatic carbocycles. The molecular formula is C27H39ClN4O4. The van der Waals surface area contributed by atoms with Crippen LogP contribution >= 0.6 is 12.4 Å². The molecule has 0 radical (unpaired) electrons. The van der Waals surface area contributed by atoms with Crippen LogP contribution in [0.2, 0.25) is 0 Å². The van der Waals surface area contributed by atoms with Gasteiger partial charge >= 0.3 is 0 Å². The summed E-state index contributed by atoms with van der Waals surface area (Å²) < 4.78 is 0. The number of amides is 2. The highest BCUT2D eigenvalue weighted by molar-refractivity contribution is 5.91. The molecule has 0 unspecified atom stereocenters. The molecule has 4 atom stereocenters. The van der Waals surface area contributed by atoms with Crippen molar-refractivity contribution in [2.45, 2.75) is 65.3 Å². The predicted octanol–water partition coefficient (Wildman–Crippen LogP) is 3.56. The zero-order chi connectivity index (χ0) is 25.8. The summed E-state index contributed by atoms with van der Waals surface area (Å²) >= 11 is 0. The quantitative estimate of drug-likeness (QED) is 0.238. The molecule has 0 heterocycles. The average Bonchev–Trinajstić information content (AvgIpc) is 2.86. The highest BCUT2D eigenvalue weighted by Gasteiger charge is 2.28. The first-order valence-corrected chi connectivity index (χ1v) is 12.0. The Bertz CT molecular complexity index is 954. The second-order valence-corrected chi connectivity index (χ2v) is 9.13. The van der Waals surface area contributed by atoms with Gasteiger partial charge < -0.3 is 26.3 Å². The summed E-state index contributed by atoms with van der Waals surface area (Å²) in [5.41, 5.74) is 7.79. The second-order valence-electron chi connectivity index (χ2n) is 9.13. The summed E-state index contributed by atoms with van der Waals surface area (Å²) in [7, 11) is 0. The molecule has 36 heavy (non-hydrogen) atoms. The van der Waals surface area contributed by atoms with E-state index in [0.717, 1.165) is 17.5 Å². The van der Waals surface area contributed by atoms with Gasteiger partial charge in [-0.15, -0.1) is 12.4 Å². The zero-order valence-corrected chi connectivity index (χ0v) is 22.2. The summed E-state index contributed by atoms with van der Waals surface area (Å²) in [4.78, 5) is 31.4. The van der Waals surface area contributed by atoms with E-state index in [-0.39, 0.29) is 54.3 Å². The molecule has 0 fully saturated rings. The number of hydrogen-bond donors (Lipinski definition) is 4. The molecule has 2 rings (SSSR count). The van der Waals surface area contributed by atoms with Crippen LogP contribution in [0.5, 0.6) is 5.75 Å². The van der Waals surface area contributed by atoms with Crippen molar-refractivity contribution >= 4 is 30.4 Å². The molecule has 0 spiro atoms. The fourth-order valence-corrected chi connectivity index (χ4v) is 3.29. The minimum Gasteiger partial charge on any atom is -0.508 e. The number of carbonyl (C=O) groups excluding carboxylic acids is 2. The largest absolute Gasteiger partial charge is 0.508 e. The summed E-state index contributed by atoms with van der Waals surface area (Å²) in [6.07, 6.45) is 2.65. The van der Waals surface area contributed by atoms with Crippen molar-refractivity contribution in [1.29, 1.82) is 0 Å². The van der Waals surface area contributed by atoms with Crippen molar-refractivity contribution in [1.82, 2.24) is 10.6 Å². The molecule has 2 aromatic rings. The summed E-state index contributed by atoms with van der Waals surface area (Å²) in [5, 5.41) is 19.4. The highest BCUT2D eigenvalue weighted by Crippen LogP contribution is 2.13. The van der Waals surface area contributed by atoms with E-state index in [0.29, 0.717) is 6.61 Å². The average molecular weight is 519 g/mol. The molecule has 0 aromatic heterocycles. The summed E-state index contributed by atoms with van der Waals surface area (Å²) in [5.74, 6) is -0.592. The van der Waals surface area contributed by atoms with Crippen molar-refractivity contribution in [2.24, 2.45) is 22.7 Å². The lowest BCUT2D eigenvalue weighted by atomic mass is 9.98. The van der Waals surface area contributed by atoms with Gasteiger partial charge in [-0.25, -0.2) is 0 Å². The number of phenols is 1. The molecule has 198 valence electrons. The molecule has 5 N–H and O–H groups in total. The monoisotopic (exact) mass is 518 g/mol. The van der Waals surface area contributed by atoms with Crippen molar-refractivity contribution in [3.8, 4) is 5.75 Å². The number of aromatic hydroxyl groups is 1. The maximum absolute atomic E-state index is 13.3. The highest BCUT2D eigenvalue weighted by atomic mass is 35.5. The van der Waals surface area contributed by atoms with E-state index >= 15 is 0 Å². The third kappa shape index (κ3) is 10.3. The van der Waals surface area contributed by atoms with Crippen LogP contribution in [0, 0.1) is 11.8 Å². The number of hydrogen-bond acceptors (Lipinski definition) is 6. The molecule has 0 saturated carbocycles. The van der Waals surface area contributed by atoms with Crippen molar-refractivity contribution in [2.75, 3.05) is 0 Å². The van der Waals surface area contributed by atoms with E-state index in [4.69, 9.17) is 10.6 Å². The molecule has 9 heteroatoms. The van der Waals surface area contributed by atoms with E-state index in [9.17, 15) is 14.7 Å². The fraction of sp³-hybridized carbons (Fsp3) is 0.444. The van der Waals surface area contributed by atoms with Crippen LogP contribution in [0.25, 0.3) is 0 Å². The smallest absolute Gasteiger partial charge is 0.243 e. The predicted molar refractivity (Wildman–Crippen MR) is 145 cm³/mol. The third-order valence-electron chi connectivity index (χ3n) is 5.97. The van der Waals surface area contributed by atoms with Crippen LogP contribution in [0.3, 0.4) is 0 Å². The van der Waals surface area contributed by atoms with Gasteiger partial charge in [0.15, 0.2) is 0 Å². The number of halogens is 1. The SMILES string of the molecule is CC[C@H](C)[C@@H](C=NOCc1ccccc1)NC(=O)[C@H](Cc1ccc(O)cc1)NC(=O)[C@@H](N)C(C)C.Cl. The Kier molecular flexibility index (Phi) is 13.6. The Balaban J connectivity index is 0.00000648. The Morgan fingerprint density at radius 2 is 1.64 bits per heavy atom. The molecular weight excluding hydrogens is 480 g/mol. The minimum atomic E-state index is -0.845. The lowest BCUT2D eigenvalue weighted by Gasteiger charge is -2.26. The van der Waals surface area contributed by atoms with Gasteiger partial charge in [0.2, 0.25) is 11.8 Å². The Hall–Kier alpha value is -3.10. The normalized spacial score (nSPS) is 14.4. The maximum atomic E-state index is 13.3. The maximum Gasteiger partial charge on any atom is 0.243 e. The number of rotatable bonds is 13.